The molecule has 1 aromatic carbocycles. The molecule has 0 radical (unpaired) electrons. The Labute approximate surface area is 93.8 Å². The second-order valence-electron chi connectivity index (χ2n) is 2.95. The summed E-state index contributed by atoms with van der Waals surface area (Å²) in [6.45, 7) is 1.88. The highest BCUT2D eigenvalue weighted by molar-refractivity contribution is 6.35. The molecule has 2 rings (SSSR count). The van der Waals surface area contributed by atoms with E-state index in [0.29, 0.717) is 0 Å². The average Bonchev–Trinajstić information content (AvgIpc) is 2.04. The molecule has 0 unspecified atom stereocenters. The van der Waals surface area contributed by atoms with E-state index in [1.807, 2.05) is 6.07 Å². The highest BCUT2D eigenvalue weighted by atomic mass is 35.5. The molecule has 13 heavy (non-hydrogen) atoms. The molecule has 72 valence electrons. The smallest absolute Gasteiger partial charge is 0.0468 e. The zero-order valence-electron chi connectivity index (χ0n) is 6.94. The first-order valence-corrected chi connectivity index (χ1v) is 4.70. The van der Waals surface area contributed by atoms with Crippen LogP contribution in [0.15, 0.2) is 12.1 Å². The van der Waals surface area contributed by atoms with Crippen molar-refractivity contribution in [3.05, 3.63) is 33.3 Å². The van der Waals surface area contributed by atoms with Crippen molar-refractivity contribution >= 4 is 35.6 Å². The summed E-state index contributed by atoms with van der Waals surface area (Å²) >= 11 is 11.9. The standard InChI is InChI=1S/C9H9Cl2N.ClH/c10-7-3-6-1-2-12-5-8(6)9(11)4-7;/h3-4,12H,1-2,5H2;1H. The number of hydrogen-bond acceptors (Lipinski definition) is 1. The van der Waals surface area contributed by atoms with Crippen LogP contribution in [0.25, 0.3) is 0 Å². The lowest BCUT2D eigenvalue weighted by Crippen LogP contribution is -2.23. The molecule has 0 bridgehead atoms. The van der Waals surface area contributed by atoms with E-state index in [1.54, 1.807) is 6.07 Å². The Balaban J connectivity index is 0.000000845. The molecule has 1 aliphatic rings. The Kier molecular flexibility index (Phi) is 3.87. The van der Waals surface area contributed by atoms with Gasteiger partial charge in [0, 0.05) is 16.6 Å². The third kappa shape index (κ3) is 2.29. The Bertz CT molecular complexity index is 312. The molecule has 0 fully saturated rings. The van der Waals surface area contributed by atoms with Gasteiger partial charge in [0.2, 0.25) is 0 Å². The van der Waals surface area contributed by atoms with Gasteiger partial charge in [-0.3, -0.25) is 0 Å². The van der Waals surface area contributed by atoms with Crippen molar-refractivity contribution < 1.29 is 0 Å². The third-order valence-corrected chi connectivity index (χ3v) is 2.68. The lowest BCUT2D eigenvalue weighted by atomic mass is 10.0. The van der Waals surface area contributed by atoms with Gasteiger partial charge in [0.25, 0.3) is 0 Å². The van der Waals surface area contributed by atoms with Crippen LogP contribution in [0, 0.1) is 0 Å². The molecular formula is C9H10Cl3N. The van der Waals surface area contributed by atoms with Crippen LogP contribution in [0.1, 0.15) is 11.1 Å². The molecular weight excluding hydrogens is 228 g/mol. The first-order valence-electron chi connectivity index (χ1n) is 3.95. The Morgan fingerprint density at radius 3 is 2.77 bits per heavy atom. The van der Waals surface area contributed by atoms with Crippen molar-refractivity contribution in [2.24, 2.45) is 0 Å². The molecule has 1 N–H and O–H groups in total. The molecule has 0 spiro atoms. The minimum Gasteiger partial charge on any atom is -0.312 e. The van der Waals surface area contributed by atoms with Crippen molar-refractivity contribution in [3.63, 3.8) is 0 Å². The van der Waals surface area contributed by atoms with Gasteiger partial charge in [-0.1, -0.05) is 23.2 Å². The Morgan fingerprint density at radius 1 is 1.23 bits per heavy atom. The second kappa shape index (κ2) is 4.52. The van der Waals surface area contributed by atoms with E-state index < -0.39 is 0 Å². The van der Waals surface area contributed by atoms with Crippen LogP contribution >= 0.6 is 35.6 Å². The van der Waals surface area contributed by atoms with Gasteiger partial charge in [-0.2, -0.15) is 0 Å². The van der Waals surface area contributed by atoms with Gasteiger partial charge in [-0.15, -0.1) is 12.4 Å². The molecule has 0 amide bonds. The van der Waals surface area contributed by atoms with Crippen LogP contribution < -0.4 is 5.32 Å². The summed E-state index contributed by atoms with van der Waals surface area (Å²) in [4.78, 5) is 0. The predicted molar refractivity (Wildman–Crippen MR) is 59.1 cm³/mol. The highest BCUT2D eigenvalue weighted by Crippen LogP contribution is 2.27. The normalized spacial score (nSPS) is 14.6. The van der Waals surface area contributed by atoms with Gasteiger partial charge in [-0.25, -0.2) is 0 Å². The number of rotatable bonds is 0. The van der Waals surface area contributed by atoms with E-state index in [2.05, 4.69) is 5.32 Å². The maximum absolute atomic E-state index is 6.02. The molecule has 1 nitrogen and oxygen atoms in total. The van der Waals surface area contributed by atoms with E-state index in [1.165, 1.54) is 11.1 Å². The monoisotopic (exact) mass is 237 g/mol. The fourth-order valence-corrected chi connectivity index (χ4v) is 2.12. The van der Waals surface area contributed by atoms with Gasteiger partial charge in [-0.05, 0) is 36.2 Å². The zero-order valence-corrected chi connectivity index (χ0v) is 9.27. The van der Waals surface area contributed by atoms with E-state index in [4.69, 9.17) is 23.2 Å². The quantitative estimate of drug-likeness (QED) is 0.732. The fourth-order valence-electron chi connectivity index (χ4n) is 1.51. The lowest BCUT2D eigenvalue weighted by Gasteiger charge is -2.18. The summed E-state index contributed by atoms with van der Waals surface area (Å²) in [5.41, 5.74) is 2.48. The van der Waals surface area contributed by atoms with Crippen LogP contribution in [0.4, 0.5) is 0 Å². The summed E-state index contributed by atoms with van der Waals surface area (Å²) in [5.74, 6) is 0. The Morgan fingerprint density at radius 2 is 2.00 bits per heavy atom. The lowest BCUT2D eigenvalue weighted by molar-refractivity contribution is 0.644. The third-order valence-electron chi connectivity index (χ3n) is 2.13. The number of benzene rings is 1. The van der Waals surface area contributed by atoms with Gasteiger partial charge in [0.05, 0.1) is 0 Å². The first kappa shape index (κ1) is 11.1. The van der Waals surface area contributed by atoms with Crippen molar-refractivity contribution in [1.82, 2.24) is 5.32 Å². The largest absolute Gasteiger partial charge is 0.312 e. The SMILES string of the molecule is Cl.Clc1cc(Cl)c2c(c1)CCNC2. The maximum Gasteiger partial charge on any atom is 0.0468 e. The van der Waals surface area contributed by atoms with Crippen LogP contribution in [-0.4, -0.2) is 6.54 Å². The molecule has 0 saturated carbocycles. The molecule has 1 aliphatic heterocycles. The topological polar surface area (TPSA) is 12.0 Å². The van der Waals surface area contributed by atoms with Crippen molar-refractivity contribution in [1.29, 1.82) is 0 Å². The van der Waals surface area contributed by atoms with Gasteiger partial charge in [0.1, 0.15) is 0 Å². The van der Waals surface area contributed by atoms with Crippen molar-refractivity contribution in [3.8, 4) is 0 Å². The van der Waals surface area contributed by atoms with Crippen LogP contribution in [0.2, 0.25) is 10.0 Å². The first-order chi connectivity index (χ1) is 5.77. The van der Waals surface area contributed by atoms with Crippen molar-refractivity contribution in [2.75, 3.05) is 6.54 Å². The highest BCUT2D eigenvalue weighted by Gasteiger charge is 2.12. The minimum atomic E-state index is 0. The number of fused-ring (bicyclic) bond motifs is 1. The number of nitrogens with one attached hydrogen (secondary N) is 1. The van der Waals surface area contributed by atoms with E-state index in [-0.39, 0.29) is 12.4 Å². The number of halogens is 3. The van der Waals surface area contributed by atoms with Crippen LogP contribution in [-0.2, 0) is 13.0 Å². The zero-order chi connectivity index (χ0) is 8.55. The molecule has 0 saturated heterocycles. The van der Waals surface area contributed by atoms with Gasteiger partial charge in [0.15, 0.2) is 0 Å². The summed E-state index contributed by atoms with van der Waals surface area (Å²) in [5, 5.41) is 4.79. The van der Waals surface area contributed by atoms with Crippen LogP contribution in [0.5, 0.6) is 0 Å². The molecule has 1 heterocycles. The Hall–Kier alpha value is 0.0500. The maximum atomic E-state index is 6.02. The summed E-state index contributed by atoms with van der Waals surface area (Å²) in [7, 11) is 0. The van der Waals surface area contributed by atoms with E-state index >= 15 is 0 Å². The molecule has 0 aliphatic carbocycles. The summed E-state index contributed by atoms with van der Waals surface area (Å²) < 4.78 is 0. The summed E-state index contributed by atoms with van der Waals surface area (Å²) in [6.07, 6.45) is 1.02. The molecule has 0 atom stereocenters. The molecule has 0 aromatic heterocycles. The van der Waals surface area contributed by atoms with Crippen LogP contribution in [0.3, 0.4) is 0 Å². The van der Waals surface area contributed by atoms with Gasteiger partial charge < -0.3 is 5.32 Å². The summed E-state index contributed by atoms with van der Waals surface area (Å²) in [6, 6.07) is 3.80. The minimum absolute atomic E-state index is 0. The van der Waals surface area contributed by atoms with Gasteiger partial charge >= 0.3 is 0 Å². The molecule has 1 aromatic rings. The van der Waals surface area contributed by atoms with E-state index in [9.17, 15) is 0 Å². The van der Waals surface area contributed by atoms with E-state index in [0.717, 1.165) is 29.6 Å². The fraction of sp³-hybridized carbons (Fsp3) is 0.333. The molecule has 4 heteroatoms. The van der Waals surface area contributed by atoms with Crippen molar-refractivity contribution in [2.45, 2.75) is 13.0 Å². The number of hydrogen-bond donors (Lipinski definition) is 1. The second-order valence-corrected chi connectivity index (χ2v) is 3.80. The average molecular weight is 239 g/mol. The predicted octanol–water partition coefficient (Wildman–Crippen LogP) is 3.06.